The number of amides is 2. The molecule has 0 saturated carbocycles. The van der Waals surface area contributed by atoms with Gasteiger partial charge in [-0.1, -0.05) is 73.1 Å². The first-order chi connectivity index (χ1) is 17.7. The summed E-state index contributed by atoms with van der Waals surface area (Å²) in [7, 11) is -2.59. The van der Waals surface area contributed by atoms with E-state index < -0.39 is 28.5 Å². The van der Waals surface area contributed by atoms with Crippen molar-refractivity contribution in [3.8, 4) is 0 Å². The summed E-state index contributed by atoms with van der Waals surface area (Å²) in [5, 5.41) is 3.01. The fraction of sp³-hybridized carbons (Fsp3) is 0.286. The van der Waals surface area contributed by atoms with Gasteiger partial charge in [-0.2, -0.15) is 0 Å². The van der Waals surface area contributed by atoms with Crippen molar-refractivity contribution in [3.63, 3.8) is 0 Å². The minimum atomic E-state index is -4.11. The number of halogens is 1. The molecule has 37 heavy (non-hydrogen) atoms. The molecule has 1 atom stereocenters. The molecule has 9 heteroatoms. The molecule has 0 radical (unpaired) electrons. The second kappa shape index (κ2) is 12.7. The number of carbonyl (C=O) groups excluding carboxylic acids is 2. The highest BCUT2D eigenvalue weighted by Gasteiger charge is 2.33. The summed E-state index contributed by atoms with van der Waals surface area (Å²) in [5.41, 5.74) is 2.05. The average molecular weight is 542 g/mol. The van der Waals surface area contributed by atoms with E-state index in [-0.39, 0.29) is 23.0 Å². The van der Waals surface area contributed by atoms with E-state index in [1.807, 2.05) is 44.2 Å². The first kappa shape index (κ1) is 28.2. The van der Waals surface area contributed by atoms with Crippen molar-refractivity contribution in [1.82, 2.24) is 10.2 Å². The number of anilines is 1. The standard InChI is InChI=1S/C28H32ClN3O4S/c1-4-26(28(34)30-3)31(18-17-22-11-7-5-8-12-22)27(33)20-32(23-16-15-21(2)25(29)19-23)37(35,36)24-13-9-6-10-14-24/h5-16,19,26H,4,17-18,20H2,1-3H3,(H,30,34)/t26-/m0/s1. The number of aryl methyl sites for hydroxylation is 1. The van der Waals surface area contributed by atoms with Crippen molar-refractivity contribution < 1.29 is 18.0 Å². The topological polar surface area (TPSA) is 86.8 Å². The third kappa shape index (κ3) is 6.90. The molecule has 0 spiro atoms. The van der Waals surface area contributed by atoms with E-state index in [0.717, 1.165) is 15.4 Å². The van der Waals surface area contributed by atoms with Crippen LogP contribution < -0.4 is 9.62 Å². The molecule has 7 nitrogen and oxygen atoms in total. The van der Waals surface area contributed by atoms with Gasteiger partial charge in [-0.05, 0) is 55.2 Å². The van der Waals surface area contributed by atoms with Gasteiger partial charge in [-0.3, -0.25) is 13.9 Å². The van der Waals surface area contributed by atoms with Crippen molar-refractivity contribution in [2.24, 2.45) is 0 Å². The average Bonchev–Trinajstić information content (AvgIpc) is 2.91. The Balaban J connectivity index is 2.01. The zero-order valence-corrected chi connectivity index (χ0v) is 22.8. The number of hydrogen-bond donors (Lipinski definition) is 1. The fourth-order valence-electron chi connectivity index (χ4n) is 4.05. The Morgan fingerprint density at radius 3 is 2.16 bits per heavy atom. The predicted octanol–water partition coefficient (Wildman–Crippen LogP) is 4.44. The van der Waals surface area contributed by atoms with Crippen LogP contribution in [0.5, 0.6) is 0 Å². The Morgan fingerprint density at radius 2 is 1.59 bits per heavy atom. The zero-order chi connectivity index (χ0) is 27.0. The predicted molar refractivity (Wildman–Crippen MR) is 147 cm³/mol. The van der Waals surface area contributed by atoms with Gasteiger partial charge in [-0.25, -0.2) is 8.42 Å². The number of sulfonamides is 1. The van der Waals surface area contributed by atoms with Gasteiger partial charge in [-0.15, -0.1) is 0 Å². The molecule has 3 rings (SSSR count). The molecule has 0 unspecified atom stereocenters. The number of likely N-dealkylation sites (N-methyl/N-ethyl adjacent to an activating group) is 1. The second-order valence-corrected chi connectivity index (χ2v) is 10.9. The van der Waals surface area contributed by atoms with Crippen molar-refractivity contribution in [2.45, 2.75) is 37.6 Å². The molecule has 0 aliphatic carbocycles. The molecule has 0 aliphatic heterocycles. The molecular weight excluding hydrogens is 510 g/mol. The van der Waals surface area contributed by atoms with Gasteiger partial charge in [0, 0.05) is 18.6 Å². The van der Waals surface area contributed by atoms with Crippen LogP contribution in [0.25, 0.3) is 0 Å². The zero-order valence-electron chi connectivity index (χ0n) is 21.2. The maximum Gasteiger partial charge on any atom is 0.264 e. The third-order valence-electron chi connectivity index (χ3n) is 6.17. The van der Waals surface area contributed by atoms with Crippen LogP contribution in [-0.2, 0) is 26.0 Å². The number of rotatable bonds is 11. The lowest BCUT2D eigenvalue weighted by atomic mass is 10.1. The molecule has 196 valence electrons. The number of nitrogens with one attached hydrogen (secondary N) is 1. The Morgan fingerprint density at radius 1 is 0.973 bits per heavy atom. The summed E-state index contributed by atoms with van der Waals surface area (Å²) in [6, 6.07) is 21.7. The molecule has 0 heterocycles. The molecule has 2 amide bonds. The first-order valence-corrected chi connectivity index (χ1v) is 13.9. The molecule has 3 aromatic carbocycles. The highest BCUT2D eigenvalue weighted by Crippen LogP contribution is 2.28. The van der Waals surface area contributed by atoms with Gasteiger partial charge >= 0.3 is 0 Å². The van der Waals surface area contributed by atoms with E-state index in [1.165, 1.54) is 30.1 Å². The molecule has 0 aliphatic rings. The summed E-state index contributed by atoms with van der Waals surface area (Å²) >= 11 is 6.33. The minimum absolute atomic E-state index is 0.0497. The lowest BCUT2D eigenvalue weighted by Crippen LogP contribution is -2.52. The van der Waals surface area contributed by atoms with Crippen molar-refractivity contribution in [1.29, 1.82) is 0 Å². The van der Waals surface area contributed by atoms with Gasteiger partial charge in [0.15, 0.2) is 0 Å². The van der Waals surface area contributed by atoms with Crippen LogP contribution in [0.1, 0.15) is 24.5 Å². The van der Waals surface area contributed by atoms with E-state index in [4.69, 9.17) is 11.6 Å². The number of benzene rings is 3. The normalized spacial score (nSPS) is 12.0. The number of hydrogen-bond acceptors (Lipinski definition) is 4. The van der Waals surface area contributed by atoms with E-state index in [9.17, 15) is 18.0 Å². The lowest BCUT2D eigenvalue weighted by Gasteiger charge is -2.33. The highest BCUT2D eigenvalue weighted by atomic mass is 35.5. The van der Waals surface area contributed by atoms with Crippen LogP contribution in [0.2, 0.25) is 5.02 Å². The quantitative estimate of drug-likeness (QED) is 0.389. The second-order valence-electron chi connectivity index (χ2n) is 8.62. The SMILES string of the molecule is CC[C@@H](C(=O)NC)N(CCc1ccccc1)C(=O)CN(c1ccc(C)c(Cl)c1)S(=O)(=O)c1ccccc1. The molecular formula is C28H32ClN3O4S. The fourth-order valence-corrected chi connectivity index (χ4v) is 5.65. The van der Waals surface area contributed by atoms with Crippen LogP contribution in [0.4, 0.5) is 5.69 Å². The van der Waals surface area contributed by atoms with Crippen LogP contribution in [-0.4, -0.2) is 51.3 Å². The third-order valence-corrected chi connectivity index (χ3v) is 8.37. The van der Waals surface area contributed by atoms with Gasteiger partial charge in [0.1, 0.15) is 12.6 Å². The van der Waals surface area contributed by atoms with E-state index in [2.05, 4.69) is 5.32 Å². The van der Waals surface area contributed by atoms with E-state index >= 15 is 0 Å². The van der Waals surface area contributed by atoms with Gasteiger partial charge in [0.25, 0.3) is 10.0 Å². The van der Waals surface area contributed by atoms with Crippen LogP contribution in [0, 0.1) is 6.92 Å². The molecule has 0 fully saturated rings. The monoisotopic (exact) mass is 541 g/mol. The Bertz CT molecular complexity index is 1320. The Labute approximate surface area is 224 Å². The summed E-state index contributed by atoms with van der Waals surface area (Å²) in [6.07, 6.45) is 0.893. The van der Waals surface area contributed by atoms with Gasteiger partial charge in [0.05, 0.1) is 10.6 Å². The largest absolute Gasteiger partial charge is 0.357 e. The minimum Gasteiger partial charge on any atom is -0.357 e. The van der Waals surface area contributed by atoms with E-state index in [0.29, 0.717) is 17.9 Å². The van der Waals surface area contributed by atoms with Crippen molar-refractivity contribution in [3.05, 3.63) is 95.0 Å². The van der Waals surface area contributed by atoms with Gasteiger partial charge in [0.2, 0.25) is 11.8 Å². The maximum absolute atomic E-state index is 13.8. The first-order valence-electron chi connectivity index (χ1n) is 12.1. The summed E-state index contributed by atoms with van der Waals surface area (Å²) < 4.78 is 28.5. The van der Waals surface area contributed by atoms with E-state index in [1.54, 1.807) is 30.3 Å². The Kier molecular flexibility index (Phi) is 9.72. The molecule has 0 bridgehead atoms. The molecule has 0 aromatic heterocycles. The number of nitrogens with zero attached hydrogens (tertiary/aromatic N) is 2. The molecule has 1 N–H and O–H groups in total. The van der Waals surface area contributed by atoms with Crippen LogP contribution in [0.15, 0.2) is 83.8 Å². The highest BCUT2D eigenvalue weighted by molar-refractivity contribution is 7.92. The Hall–Kier alpha value is -3.36. The number of carbonyl (C=O) groups is 2. The molecule has 3 aromatic rings. The van der Waals surface area contributed by atoms with Crippen LogP contribution >= 0.6 is 11.6 Å². The maximum atomic E-state index is 13.8. The van der Waals surface area contributed by atoms with Crippen molar-refractivity contribution in [2.75, 3.05) is 24.4 Å². The van der Waals surface area contributed by atoms with Gasteiger partial charge < -0.3 is 10.2 Å². The van der Waals surface area contributed by atoms with Crippen molar-refractivity contribution >= 4 is 39.1 Å². The summed E-state index contributed by atoms with van der Waals surface area (Å²) in [5.74, 6) is -0.789. The molecule has 0 saturated heterocycles. The van der Waals surface area contributed by atoms with Crippen LogP contribution in [0.3, 0.4) is 0 Å². The summed E-state index contributed by atoms with van der Waals surface area (Å²) in [6.45, 7) is 3.40. The lowest BCUT2D eigenvalue weighted by molar-refractivity contribution is -0.139. The smallest absolute Gasteiger partial charge is 0.264 e. The summed E-state index contributed by atoms with van der Waals surface area (Å²) in [4.78, 5) is 28.0.